The summed E-state index contributed by atoms with van der Waals surface area (Å²) in [6.45, 7) is 8.21. The molecule has 0 aliphatic carbocycles. The van der Waals surface area contributed by atoms with Crippen molar-refractivity contribution in [2.75, 3.05) is 13.1 Å². The van der Waals surface area contributed by atoms with Crippen LogP contribution in [0.4, 0.5) is 0 Å². The van der Waals surface area contributed by atoms with E-state index in [2.05, 4.69) is 48.7 Å². The van der Waals surface area contributed by atoms with Crippen LogP contribution in [0.5, 0.6) is 0 Å². The van der Waals surface area contributed by atoms with E-state index in [0.717, 1.165) is 19.6 Å². The predicted molar refractivity (Wildman–Crippen MR) is 83.0 cm³/mol. The molecule has 0 saturated heterocycles. The van der Waals surface area contributed by atoms with Crippen molar-refractivity contribution in [3.05, 3.63) is 35.4 Å². The molecule has 0 atom stereocenters. The van der Waals surface area contributed by atoms with Crippen molar-refractivity contribution in [2.24, 2.45) is 5.73 Å². The molecule has 0 saturated carbocycles. The van der Waals surface area contributed by atoms with Crippen LogP contribution in [-0.4, -0.2) is 19.1 Å². The highest BCUT2D eigenvalue weighted by Crippen LogP contribution is 2.03. The van der Waals surface area contributed by atoms with Crippen molar-refractivity contribution in [3.63, 3.8) is 0 Å². The van der Waals surface area contributed by atoms with Crippen LogP contribution in [0.15, 0.2) is 24.3 Å². The minimum absolute atomic E-state index is 0.620. The van der Waals surface area contributed by atoms with Gasteiger partial charge >= 0.3 is 0 Å². The van der Waals surface area contributed by atoms with Gasteiger partial charge in [-0.05, 0) is 43.5 Å². The van der Waals surface area contributed by atoms with E-state index in [4.69, 9.17) is 5.73 Å². The summed E-state index contributed by atoms with van der Waals surface area (Å²) in [5.74, 6) is 0. The van der Waals surface area contributed by atoms with Gasteiger partial charge in [-0.25, -0.2) is 0 Å². The van der Waals surface area contributed by atoms with E-state index in [1.165, 1.54) is 30.4 Å². The van der Waals surface area contributed by atoms with E-state index in [-0.39, 0.29) is 0 Å². The largest absolute Gasteiger partial charge is 0.326 e. The molecule has 4 N–H and O–H groups in total. The summed E-state index contributed by atoms with van der Waals surface area (Å²) in [4.78, 5) is 0. The van der Waals surface area contributed by atoms with Gasteiger partial charge in [0.15, 0.2) is 0 Å². The van der Waals surface area contributed by atoms with Gasteiger partial charge in [-0.1, -0.05) is 38.1 Å². The van der Waals surface area contributed by atoms with Gasteiger partial charge in [-0.2, -0.15) is 0 Å². The fourth-order valence-corrected chi connectivity index (χ4v) is 2.12. The smallest absolute Gasteiger partial charge is 0.0205 e. The lowest BCUT2D eigenvalue weighted by molar-refractivity contribution is 0.472. The molecule has 0 aliphatic rings. The van der Waals surface area contributed by atoms with Crippen LogP contribution in [0.25, 0.3) is 0 Å². The fourth-order valence-electron chi connectivity index (χ4n) is 2.12. The van der Waals surface area contributed by atoms with E-state index in [1.54, 1.807) is 0 Å². The highest BCUT2D eigenvalue weighted by atomic mass is 14.9. The van der Waals surface area contributed by atoms with Crippen LogP contribution in [-0.2, 0) is 13.1 Å². The molecular formula is C16H29N3. The first-order chi connectivity index (χ1) is 9.30. The average Bonchev–Trinajstić information content (AvgIpc) is 2.47. The minimum Gasteiger partial charge on any atom is -0.326 e. The maximum Gasteiger partial charge on any atom is 0.0205 e. The number of rotatable bonds is 10. The van der Waals surface area contributed by atoms with Gasteiger partial charge in [-0.3, -0.25) is 0 Å². The number of hydrogen-bond acceptors (Lipinski definition) is 3. The van der Waals surface area contributed by atoms with E-state index >= 15 is 0 Å². The van der Waals surface area contributed by atoms with Crippen LogP contribution < -0.4 is 16.4 Å². The molecule has 0 bridgehead atoms. The van der Waals surface area contributed by atoms with Crippen molar-refractivity contribution in [3.8, 4) is 0 Å². The number of hydrogen-bond donors (Lipinski definition) is 3. The Morgan fingerprint density at radius 2 is 1.63 bits per heavy atom. The van der Waals surface area contributed by atoms with Gasteiger partial charge in [0.1, 0.15) is 0 Å². The third kappa shape index (κ3) is 6.71. The topological polar surface area (TPSA) is 50.1 Å². The van der Waals surface area contributed by atoms with E-state index in [9.17, 15) is 0 Å². The van der Waals surface area contributed by atoms with Crippen LogP contribution in [0.1, 0.15) is 44.2 Å². The second kappa shape index (κ2) is 9.96. The Labute approximate surface area is 118 Å². The highest BCUT2D eigenvalue weighted by Gasteiger charge is 2.00. The van der Waals surface area contributed by atoms with Crippen molar-refractivity contribution in [1.29, 1.82) is 0 Å². The second-order valence-electron chi connectivity index (χ2n) is 5.02. The molecular weight excluding hydrogens is 234 g/mol. The molecule has 1 rings (SSSR count). The molecule has 0 amide bonds. The number of nitrogens with two attached hydrogens (primary N) is 1. The molecule has 3 heteroatoms. The SMILES string of the molecule is CCC(CC)NCCCNCc1ccc(CN)cc1. The molecule has 3 nitrogen and oxygen atoms in total. The van der Waals surface area contributed by atoms with Gasteiger partial charge in [0.05, 0.1) is 0 Å². The first-order valence-corrected chi connectivity index (χ1v) is 7.52. The third-order valence-electron chi connectivity index (χ3n) is 3.54. The van der Waals surface area contributed by atoms with Gasteiger partial charge in [0, 0.05) is 19.1 Å². The van der Waals surface area contributed by atoms with Gasteiger partial charge in [0.2, 0.25) is 0 Å². The number of benzene rings is 1. The lowest BCUT2D eigenvalue weighted by atomic mass is 10.1. The Kier molecular flexibility index (Phi) is 8.47. The molecule has 0 heterocycles. The zero-order valence-corrected chi connectivity index (χ0v) is 12.4. The predicted octanol–water partition coefficient (Wildman–Crippen LogP) is 2.40. The van der Waals surface area contributed by atoms with Crippen molar-refractivity contribution >= 4 is 0 Å². The van der Waals surface area contributed by atoms with Crippen LogP contribution in [0, 0.1) is 0 Å². The summed E-state index contributed by atoms with van der Waals surface area (Å²) in [7, 11) is 0. The summed E-state index contributed by atoms with van der Waals surface area (Å²) in [6.07, 6.45) is 3.62. The molecule has 0 unspecified atom stereocenters. The molecule has 0 aliphatic heterocycles. The Hall–Kier alpha value is -0.900. The molecule has 108 valence electrons. The normalized spacial score (nSPS) is 11.2. The monoisotopic (exact) mass is 263 g/mol. The third-order valence-corrected chi connectivity index (χ3v) is 3.54. The Morgan fingerprint density at radius 3 is 2.21 bits per heavy atom. The average molecular weight is 263 g/mol. The summed E-state index contributed by atoms with van der Waals surface area (Å²) < 4.78 is 0. The Bertz CT molecular complexity index is 317. The van der Waals surface area contributed by atoms with Crippen molar-refractivity contribution in [2.45, 2.75) is 52.2 Å². The van der Waals surface area contributed by atoms with Gasteiger partial charge < -0.3 is 16.4 Å². The van der Waals surface area contributed by atoms with E-state index in [1.807, 2.05) is 0 Å². The molecule has 19 heavy (non-hydrogen) atoms. The van der Waals surface area contributed by atoms with Crippen molar-refractivity contribution < 1.29 is 0 Å². The van der Waals surface area contributed by atoms with E-state index < -0.39 is 0 Å². The van der Waals surface area contributed by atoms with E-state index in [0.29, 0.717) is 12.6 Å². The zero-order valence-electron chi connectivity index (χ0n) is 12.4. The highest BCUT2D eigenvalue weighted by molar-refractivity contribution is 5.22. The Balaban J connectivity index is 2.07. The lowest BCUT2D eigenvalue weighted by Crippen LogP contribution is -2.30. The summed E-state index contributed by atoms with van der Waals surface area (Å²) in [5, 5.41) is 7.06. The zero-order chi connectivity index (χ0) is 13.9. The summed E-state index contributed by atoms with van der Waals surface area (Å²) >= 11 is 0. The summed E-state index contributed by atoms with van der Waals surface area (Å²) in [5.41, 5.74) is 8.10. The molecule has 0 aromatic heterocycles. The van der Waals surface area contributed by atoms with Gasteiger partial charge in [-0.15, -0.1) is 0 Å². The second-order valence-corrected chi connectivity index (χ2v) is 5.02. The molecule has 0 spiro atoms. The van der Waals surface area contributed by atoms with Crippen LogP contribution in [0.2, 0.25) is 0 Å². The molecule has 1 aromatic rings. The standard InChI is InChI=1S/C16H29N3/c1-3-16(4-2)19-11-5-10-18-13-15-8-6-14(12-17)7-9-15/h6-9,16,18-19H,3-5,10-13,17H2,1-2H3. The first kappa shape index (κ1) is 16.2. The van der Waals surface area contributed by atoms with Crippen LogP contribution in [0.3, 0.4) is 0 Å². The summed E-state index contributed by atoms with van der Waals surface area (Å²) in [6, 6.07) is 9.19. The maximum atomic E-state index is 5.58. The minimum atomic E-state index is 0.620. The fraction of sp³-hybridized carbons (Fsp3) is 0.625. The van der Waals surface area contributed by atoms with Crippen molar-refractivity contribution in [1.82, 2.24) is 10.6 Å². The molecule has 0 radical (unpaired) electrons. The lowest BCUT2D eigenvalue weighted by Gasteiger charge is -2.14. The first-order valence-electron chi connectivity index (χ1n) is 7.52. The molecule has 0 fully saturated rings. The van der Waals surface area contributed by atoms with Gasteiger partial charge in [0.25, 0.3) is 0 Å². The van der Waals surface area contributed by atoms with Crippen LogP contribution >= 0.6 is 0 Å². The quantitative estimate of drug-likeness (QED) is 0.568. The number of nitrogens with one attached hydrogen (secondary N) is 2. The maximum absolute atomic E-state index is 5.58. The Morgan fingerprint density at radius 1 is 1.00 bits per heavy atom. The molecule has 1 aromatic carbocycles.